The number of hydrogen-bond acceptors (Lipinski definition) is 3. The summed E-state index contributed by atoms with van der Waals surface area (Å²) in [7, 11) is 0. The lowest BCUT2D eigenvalue weighted by Gasteiger charge is -2.44. The van der Waals surface area contributed by atoms with Crippen molar-refractivity contribution >= 4 is 0 Å². The Morgan fingerprint density at radius 2 is 1.95 bits per heavy atom. The van der Waals surface area contributed by atoms with E-state index in [4.69, 9.17) is 0 Å². The number of nitrogens with one attached hydrogen (secondary N) is 1. The van der Waals surface area contributed by atoms with Gasteiger partial charge in [-0.05, 0) is 24.6 Å². The Balaban J connectivity index is 1.58. The number of rotatable bonds is 3. The van der Waals surface area contributed by atoms with E-state index in [1.54, 1.807) is 12.1 Å². The molecule has 1 atom stereocenters. The second-order valence-corrected chi connectivity index (χ2v) is 5.61. The SMILES string of the molecule is CC(c1cccc(F)c1)N1CCN(C2CNC2)CC1. The van der Waals surface area contributed by atoms with Crippen LogP contribution >= 0.6 is 0 Å². The lowest BCUT2D eigenvalue weighted by atomic mass is 10.0. The van der Waals surface area contributed by atoms with Gasteiger partial charge in [0.2, 0.25) is 0 Å². The van der Waals surface area contributed by atoms with E-state index in [2.05, 4.69) is 22.0 Å². The normalized spacial score (nSPS) is 24.1. The van der Waals surface area contributed by atoms with Gasteiger partial charge in [-0.2, -0.15) is 0 Å². The van der Waals surface area contributed by atoms with E-state index < -0.39 is 0 Å². The van der Waals surface area contributed by atoms with Gasteiger partial charge in [0.1, 0.15) is 5.82 Å². The third-order valence-electron chi connectivity index (χ3n) is 4.50. The molecule has 2 aliphatic heterocycles. The lowest BCUT2D eigenvalue weighted by molar-refractivity contribution is 0.0551. The molecule has 4 heteroatoms. The molecule has 0 spiro atoms. The fraction of sp³-hybridized carbons (Fsp3) is 0.600. The minimum atomic E-state index is -0.136. The van der Waals surface area contributed by atoms with Crippen molar-refractivity contribution in [1.29, 1.82) is 0 Å². The molecule has 3 nitrogen and oxygen atoms in total. The number of nitrogens with zero attached hydrogens (tertiary/aromatic N) is 2. The second kappa shape index (κ2) is 5.57. The molecule has 2 heterocycles. The molecule has 2 saturated heterocycles. The van der Waals surface area contributed by atoms with E-state index in [0.29, 0.717) is 6.04 Å². The molecule has 0 amide bonds. The lowest BCUT2D eigenvalue weighted by Crippen LogP contribution is -2.61. The summed E-state index contributed by atoms with van der Waals surface area (Å²) >= 11 is 0. The highest BCUT2D eigenvalue weighted by Crippen LogP contribution is 2.23. The van der Waals surface area contributed by atoms with E-state index >= 15 is 0 Å². The van der Waals surface area contributed by atoms with Crippen LogP contribution in [0.15, 0.2) is 24.3 Å². The zero-order valence-electron chi connectivity index (χ0n) is 11.5. The summed E-state index contributed by atoms with van der Waals surface area (Å²) in [5.41, 5.74) is 1.08. The van der Waals surface area contributed by atoms with Gasteiger partial charge in [-0.25, -0.2) is 4.39 Å². The summed E-state index contributed by atoms with van der Waals surface area (Å²) in [6, 6.07) is 8.04. The predicted molar refractivity (Wildman–Crippen MR) is 74.6 cm³/mol. The average molecular weight is 263 g/mol. The summed E-state index contributed by atoms with van der Waals surface area (Å²) in [4.78, 5) is 5.03. The molecule has 1 aromatic carbocycles. The Hall–Kier alpha value is -0.970. The van der Waals surface area contributed by atoms with Gasteiger partial charge in [0.05, 0.1) is 0 Å². The van der Waals surface area contributed by atoms with E-state index in [0.717, 1.165) is 50.9 Å². The average Bonchev–Trinajstić information content (AvgIpc) is 2.37. The molecule has 0 aromatic heterocycles. The van der Waals surface area contributed by atoms with Gasteiger partial charge in [0, 0.05) is 51.4 Å². The smallest absolute Gasteiger partial charge is 0.123 e. The van der Waals surface area contributed by atoms with Gasteiger partial charge in [0.15, 0.2) is 0 Å². The first-order valence-electron chi connectivity index (χ1n) is 7.18. The van der Waals surface area contributed by atoms with E-state index in [9.17, 15) is 4.39 Å². The van der Waals surface area contributed by atoms with Crippen LogP contribution in [0, 0.1) is 5.82 Å². The molecule has 0 saturated carbocycles. The van der Waals surface area contributed by atoms with Gasteiger partial charge in [-0.3, -0.25) is 9.80 Å². The van der Waals surface area contributed by atoms with Gasteiger partial charge < -0.3 is 5.32 Å². The Bertz CT molecular complexity index is 425. The first-order valence-corrected chi connectivity index (χ1v) is 7.18. The molecule has 1 N–H and O–H groups in total. The zero-order valence-corrected chi connectivity index (χ0v) is 11.5. The standard InChI is InChI=1S/C15H22FN3/c1-12(13-3-2-4-14(16)9-13)18-5-7-19(8-6-18)15-10-17-11-15/h2-4,9,12,15,17H,5-8,10-11H2,1H3. The molecule has 2 aliphatic rings. The highest BCUT2D eigenvalue weighted by atomic mass is 19.1. The van der Waals surface area contributed by atoms with Crippen molar-refractivity contribution in [2.45, 2.75) is 19.0 Å². The maximum absolute atomic E-state index is 13.3. The molecule has 0 radical (unpaired) electrons. The first kappa shape index (κ1) is 13.0. The quantitative estimate of drug-likeness (QED) is 0.891. The van der Waals surface area contributed by atoms with E-state index in [-0.39, 0.29) is 5.82 Å². The largest absolute Gasteiger partial charge is 0.314 e. The van der Waals surface area contributed by atoms with Gasteiger partial charge in [0.25, 0.3) is 0 Å². The van der Waals surface area contributed by atoms with Gasteiger partial charge in [-0.15, -0.1) is 0 Å². The molecule has 3 rings (SSSR count). The molecule has 2 fully saturated rings. The molecular formula is C15H22FN3. The van der Waals surface area contributed by atoms with Gasteiger partial charge in [-0.1, -0.05) is 12.1 Å². The van der Waals surface area contributed by atoms with Crippen LogP contribution in [0.4, 0.5) is 4.39 Å². The van der Waals surface area contributed by atoms with Crippen LogP contribution in [-0.2, 0) is 0 Å². The maximum Gasteiger partial charge on any atom is 0.123 e. The molecular weight excluding hydrogens is 241 g/mol. The molecule has 19 heavy (non-hydrogen) atoms. The zero-order chi connectivity index (χ0) is 13.2. The molecule has 1 aromatic rings. The van der Waals surface area contributed by atoms with Crippen LogP contribution in [0.1, 0.15) is 18.5 Å². The molecule has 0 bridgehead atoms. The summed E-state index contributed by atoms with van der Waals surface area (Å²) in [6.07, 6.45) is 0. The summed E-state index contributed by atoms with van der Waals surface area (Å²) in [5, 5.41) is 3.33. The summed E-state index contributed by atoms with van der Waals surface area (Å²) in [6.45, 7) is 8.87. The van der Waals surface area contributed by atoms with Crippen molar-refractivity contribution in [2.24, 2.45) is 0 Å². The van der Waals surface area contributed by atoms with Crippen molar-refractivity contribution in [1.82, 2.24) is 15.1 Å². The van der Waals surface area contributed by atoms with E-state index in [1.165, 1.54) is 6.07 Å². The van der Waals surface area contributed by atoms with Crippen molar-refractivity contribution in [3.8, 4) is 0 Å². The van der Waals surface area contributed by atoms with Crippen LogP contribution in [0.25, 0.3) is 0 Å². The van der Waals surface area contributed by atoms with Crippen LogP contribution in [0.2, 0.25) is 0 Å². The van der Waals surface area contributed by atoms with Crippen molar-refractivity contribution in [2.75, 3.05) is 39.3 Å². The van der Waals surface area contributed by atoms with Crippen LogP contribution in [-0.4, -0.2) is 55.1 Å². The van der Waals surface area contributed by atoms with Crippen LogP contribution in [0.5, 0.6) is 0 Å². The maximum atomic E-state index is 13.3. The van der Waals surface area contributed by atoms with Crippen molar-refractivity contribution in [3.63, 3.8) is 0 Å². The third-order valence-corrected chi connectivity index (χ3v) is 4.50. The number of benzene rings is 1. The van der Waals surface area contributed by atoms with Crippen LogP contribution in [0.3, 0.4) is 0 Å². The Morgan fingerprint density at radius 1 is 1.21 bits per heavy atom. The second-order valence-electron chi connectivity index (χ2n) is 5.61. The summed E-state index contributed by atoms with van der Waals surface area (Å²) in [5.74, 6) is -0.136. The monoisotopic (exact) mass is 263 g/mol. The molecule has 104 valence electrons. The van der Waals surface area contributed by atoms with Crippen molar-refractivity contribution < 1.29 is 4.39 Å². The number of halogens is 1. The topological polar surface area (TPSA) is 18.5 Å². The van der Waals surface area contributed by atoms with Crippen molar-refractivity contribution in [3.05, 3.63) is 35.6 Å². The first-order chi connectivity index (χ1) is 9.24. The predicted octanol–water partition coefficient (Wildman–Crippen LogP) is 1.48. The van der Waals surface area contributed by atoms with E-state index in [1.807, 2.05) is 6.07 Å². The van der Waals surface area contributed by atoms with Gasteiger partial charge >= 0.3 is 0 Å². The fourth-order valence-electron chi connectivity index (χ4n) is 3.00. The number of piperazine rings is 1. The highest BCUT2D eigenvalue weighted by molar-refractivity contribution is 5.19. The minimum Gasteiger partial charge on any atom is -0.314 e. The molecule has 1 unspecified atom stereocenters. The Kier molecular flexibility index (Phi) is 3.82. The Labute approximate surface area is 114 Å². The summed E-state index contributed by atoms with van der Waals surface area (Å²) < 4.78 is 13.3. The highest BCUT2D eigenvalue weighted by Gasteiger charge is 2.29. The minimum absolute atomic E-state index is 0.136. The Morgan fingerprint density at radius 3 is 2.53 bits per heavy atom. The third kappa shape index (κ3) is 2.81. The van der Waals surface area contributed by atoms with Crippen LogP contribution < -0.4 is 5.32 Å². The molecule has 0 aliphatic carbocycles. The fourth-order valence-corrected chi connectivity index (χ4v) is 3.00. The number of hydrogen-bond donors (Lipinski definition) is 1.